The van der Waals surface area contributed by atoms with Crippen LogP contribution >= 0.6 is 0 Å². The summed E-state index contributed by atoms with van der Waals surface area (Å²) in [4.78, 5) is 21.5. The predicted molar refractivity (Wildman–Crippen MR) is 124 cm³/mol. The van der Waals surface area contributed by atoms with Crippen LogP contribution < -0.4 is 14.8 Å². The number of pyridine rings is 1. The molecule has 0 spiro atoms. The third-order valence-corrected chi connectivity index (χ3v) is 5.31. The van der Waals surface area contributed by atoms with Crippen molar-refractivity contribution in [2.75, 3.05) is 20.8 Å². The van der Waals surface area contributed by atoms with E-state index in [9.17, 15) is 4.79 Å². The number of carbonyl (C=O) groups is 1. The van der Waals surface area contributed by atoms with Crippen molar-refractivity contribution in [2.24, 2.45) is 0 Å². The standard InChI is InChI=1S/C25H26N4O3/c1-4-26-25(30)19-7-5-6-18(15-19)20-9-10-21-24(28-20)29(16-27-21)13-12-17-8-11-22(31-2)23(14-17)32-3/h5-11,14-16H,4,12-13H2,1-3H3,(H,26,30). The maximum absolute atomic E-state index is 12.2. The lowest BCUT2D eigenvalue weighted by Gasteiger charge is -2.10. The van der Waals surface area contributed by atoms with Gasteiger partial charge in [-0.2, -0.15) is 0 Å². The molecule has 1 amide bonds. The summed E-state index contributed by atoms with van der Waals surface area (Å²) in [6.07, 6.45) is 2.61. The Labute approximate surface area is 187 Å². The number of aryl methyl sites for hydroxylation is 2. The zero-order valence-electron chi connectivity index (χ0n) is 18.5. The number of nitrogens with one attached hydrogen (secondary N) is 1. The number of carbonyl (C=O) groups excluding carboxylic acids is 1. The van der Waals surface area contributed by atoms with E-state index in [2.05, 4.69) is 10.3 Å². The Balaban J connectivity index is 1.58. The van der Waals surface area contributed by atoms with Crippen molar-refractivity contribution < 1.29 is 14.3 Å². The Morgan fingerprint density at radius 2 is 1.88 bits per heavy atom. The van der Waals surface area contributed by atoms with Crippen LogP contribution in [0, 0.1) is 0 Å². The Morgan fingerprint density at radius 3 is 2.66 bits per heavy atom. The number of amides is 1. The minimum absolute atomic E-state index is 0.0876. The summed E-state index contributed by atoms with van der Waals surface area (Å²) < 4.78 is 12.8. The summed E-state index contributed by atoms with van der Waals surface area (Å²) in [7, 11) is 3.27. The van der Waals surface area contributed by atoms with E-state index >= 15 is 0 Å². The van der Waals surface area contributed by atoms with Gasteiger partial charge >= 0.3 is 0 Å². The molecule has 1 N–H and O–H groups in total. The number of rotatable bonds is 8. The summed E-state index contributed by atoms with van der Waals surface area (Å²) in [6.45, 7) is 3.22. The first kappa shape index (κ1) is 21.4. The first-order valence-corrected chi connectivity index (χ1v) is 10.5. The van der Waals surface area contributed by atoms with Gasteiger partial charge in [0.25, 0.3) is 5.91 Å². The molecule has 32 heavy (non-hydrogen) atoms. The van der Waals surface area contributed by atoms with Gasteiger partial charge in [0.2, 0.25) is 0 Å². The molecule has 0 fully saturated rings. The van der Waals surface area contributed by atoms with Crippen molar-refractivity contribution in [3.05, 3.63) is 72.1 Å². The third-order valence-electron chi connectivity index (χ3n) is 5.31. The molecular formula is C25H26N4O3. The molecule has 2 heterocycles. The summed E-state index contributed by atoms with van der Waals surface area (Å²) in [5, 5.41) is 2.83. The molecule has 2 aromatic carbocycles. The monoisotopic (exact) mass is 430 g/mol. The van der Waals surface area contributed by atoms with Gasteiger partial charge in [0.15, 0.2) is 17.1 Å². The maximum atomic E-state index is 12.2. The molecule has 7 heteroatoms. The average molecular weight is 431 g/mol. The highest BCUT2D eigenvalue weighted by Gasteiger charge is 2.11. The smallest absolute Gasteiger partial charge is 0.251 e. The first-order valence-electron chi connectivity index (χ1n) is 10.5. The Hall–Kier alpha value is -3.87. The lowest BCUT2D eigenvalue weighted by molar-refractivity contribution is 0.0956. The average Bonchev–Trinajstić information content (AvgIpc) is 3.25. The van der Waals surface area contributed by atoms with Crippen molar-refractivity contribution in [1.82, 2.24) is 19.9 Å². The number of imidazole rings is 1. The van der Waals surface area contributed by atoms with Crippen LogP contribution in [0.25, 0.3) is 22.4 Å². The van der Waals surface area contributed by atoms with Gasteiger partial charge in [0.05, 0.1) is 26.2 Å². The predicted octanol–water partition coefficient (Wildman–Crippen LogP) is 4.11. The van der Waals surface area contributed by atoms with Crippen LogP contribution in [0.15, 0.2) is 60.9 Å². The number of fused-ring (bicyclic) bond motifs is 1. The molecule has 4 rings (SSSR count). The van der Waals surface area contributed by atoms with Crippen LogP contribution in [0.3, 0.4) is 0 Å². The van der Waals surface area contributed by atoms with Gasteiger partial charge < -0.3 is 19.4 Å². The Kier molecular flexibility index (Phi) is 6.35. The zero-order chi connectivity index (χ0) is 22.5. The molecule has 2 aromatic heterocycles. The van der Waals surface area contributed by atoms with Crippen LogP contribution in [0.2, 0.25) is 0 Å². The van der Waals surface area contributed by atoms with Gasteiger partial charge in [-0.3, -0.25) is 4.79 Å². The highest BCUT2D eigenvalue weighted by Crippen LogP contribution is 2.28. The second kappa shape index (κ2) is 9.51. The molecule has 0 aliphatic carbocycles. The van der Waals surface area contributed by atoms with Crippen LogP contribution in [-0.4, -0.2) is 41.2 Å². The van der Waals surface area contributed by atoms with E-state index in [1.165, 1.54) is 0 Å². The summed E-state index contributed by atoms with van der Waals surface area (Å²) in [5.41, 5.74) is 5.09. The second-order valence-electron chi connectivity index (χ2n) is 7.36. The van der Waals surface area contributed by atoms with E-state index in [4.69, 9.17) is 14.5 Å². The van der Waals surface area contributed by atoms with E-state index in [-0.39, 0.29) is 5.91 Å². The molecule has 0 saturated heterocycles. The normalized spacial score (nSPS) is 10.8. The van der Waals surface area contributed by atoms with Crippen molar-refractivity contribution >= 4 is 17.1 Å². The SMILES string of the molecule is CCNC(=O)c1cccc(-c2ccc3ncn(CCc4ccc(OC)c(OC)c4)c3n2)c1. The minimum Gasteiger partial charge on any atom is -0.493 e. The second-order valence-corrected chi connectivity index (χ2v) is 7.36. The summed E-state index contributed by atoms with van der Waals surface area (Å²) in [5.74, 6) is 1.34. The molecule has 0 aliphatic rings. The van der Waals surface area contributed by atoms with Gasteiger partial charge in [-0.15, -0.1) is 0 Å². The Bertz CT molecular complexity index is 1250. The number of hydrogen-bond donors (Lipinski definition) is 1. The van der Waals surface area contributed by atoms with Crippen molar-refractivity contribution in [2.45, 2.75) is 19.9 Å². The molecule has 0 radical (unpaired) electrons. The van der Waals surface area contributed by atoms with Crippen molar-refractivity contribution in [1.29, 1.82) is 0 Å². The highest BCUT2D eigenvalue weighted by atomic mass is 16.5. The molecule has 0 bridgehead atoms. The van der Waals surface area contributed by atoms with Crippen LogP contribution in [0.4, 0.5) is 0 Å². The van der Waals surface area contributed by atoms with Gasteiger partial charge in [-0.25, -0.2) is 9.97 Å². The lowest BCUT2D eigenvalue weighted by atomic mass is 10.1. The molecule has 7 nitrogen and oxygen atoms in total. The first-order chi connectivity index (χ1) is 15.6. The van der Waals surface area contributed by atoms with E-state index in [0.29, 0.717) is 23.6 Å². The van der Waals surface area contributed by atoms with Crippen molar-refractivity contribution in [3.8, 4) is 22.8 Å². The molecule has 164 valence electrons. The van der Waals surface area contributed by atoms with Crippen molar-refractivity contribution in [3.63, 3.8) is 0 Å². The Morgan fingerprint density at radius 1 is 1.03 bits per heavy atom. The topological polar surface area (TPSA) is 78.3 Å². The maximum Gasteiger partial charge on any atom is 0.251 e. The van der Waals surface area contributed by atoms with Crippen LogP contribution in [0.5, 0.6) is 11.5 Å². The number of hydrogen-bond acceptors (Lipinski definition) is 5. The molecule has 0 unspecified atom stereocenters. The largest absolute Gasteiger partial charge is 0.493 e. The highest BCUT2D eigenvalue weighted by molar-refractivity contribution is 5.95. The van der Waals surface area contributed by atoms with Gasteiger partial charge in [0.1, 0.15) is 5.52 Å². The lowest BCUT2D eigenvalue weighted by Crippen LogP contribution is -2.22. The van der Waals surface area contributed by atoms with E-state index < -0.39 is 0 Å². The van der Waals surface area contributed by atoms with Crippen LogP contribution in [-0.2, 0) is 13.0 Å². The van der Waals surface area contributed by atoms with E-state index in [1.54, 1.807) is 20.3 Å². The van der Waals surface area contributed by atoms with Gasteiger partial charge in [-0.05, 0) is 55.3 Å². The van der Waals surface area contributed by atoms with E-state index in [1.807, 2.05) is 66.3 Å². The fourth-order valence-electron chi connectivity index (χ4n) is 3.63. The summed E-state index contributed by atoms with van der Waals surface area (Å²) in [6, 6.07) is 17.3. The third kappa shape index (κ3) is 4.42. The number of methoxy groups -OCH3 is 2. The summed E-state index contributed by atoms with van der Waals surface area (Å²) >= 11 is 0. The number of ether oxygens (including phenoxy) is 2. The molecule has 0 aliphatic heterocycles. The minimum atomic E-state index is -0.0876. The zero-order valence-corrected chi connectivity index (χ0v) is 18.5. The fourth-order valence-corrected chi connectivity index (χ4v) is 3.63. The quantitative estimate of drug-likeness (QED) is 0.455. The van der Waals surface area contributed by atoms with Gasteiger partial charge in [0, 0.05) is 24.2 Å². The molecule has 0 saturated carbocycles. The van der Waals surface area contributed by atoms with E-state index in [0.717, 1.165) is 41.0 Å². The number of nitrogens with zero attached hydrogens (tertiary/aromatic N) is 3. The number of benzene rings is 2. The van der Waals surface area contributed by atoms with Crippen LogP contribution in [0.1, 0.15) is 22.8 Å². The van der Waals surface area contributed by atoms with Gasteiger partial charge in [-0.1, -0.05) is 18.2 Å². The molecule has 4 aromatic rings. The number of aromatic nitrogens is 3. The molecular weight excluding hydrogens is 404 g/mol. The molecule has 0 atom stereocenters. The fraction of sp³-hybridized carbons (Fsp3) is 0.240.